The Balaban J connectivity index is 2.10. The molecule has 0 radical (unpaired) electrons. The molecule has 2 aromatic carbocycles. The Kier molecular flexibility index (Phi) is 4.06. The van der Waals surface area contributed by atoms with E-state index in [1.165, 1.54) is 6.26 Å². The number of nitriles is 1. The van der Waals surface area contributed by atoms with Crippen LogP contribution in [0.1, 0.15) is 11.1 Å². The number of sulfone groups is 1. The van der Waals surface area contributed by atoms with Crippen LogP contribution in [0.15, 0.2) is 53.4 Å². The van der Waals surface area contributed by atoms with Crippen molar-refractivity contribution >= 4 is 9.84 Å². The molecule has 0 unspecified atom stereocenters. The summed E-state index contributed by atoms with van der Waals surface area (Å²) in [6.07, 6.45) is 1.17. The SMILES string of the molecule is CS(=O)(=O)c1ccc(COc2ccccc2C#N)cc1. The third kappa shape index (κ3) is 3.37. The first-order chi connectivity index (χ1) is 9.50. The summed E-state index contributed by atoms with van der Waals surface area (Å²) in [5, 5.41) is 8.94. The maximum Gasteiger partial charge on any atom is 0.175 e. The van der Waals surface area contributed by atoms with Crippen LogP contribution in [0, 0.1) is 11.3 Å². The Morgan fingerprint density at radius 2 is 1.75 bits per heavy atom. The number of rotatable bonds is 4. The van der Waals surface area contributed by atoms with Crippen LogP contribution >= 0.6 is 0 Å². The number of para-hydroxylation sites is 1. The molecular formula is C15H13NO3S. The Labute approximate surface area is 118 Å². The van der Waals surface area contributed by atoms with Gasteiger partial charge in [0.15, 0.2) is 9.84 Å². The Morgan fingerprint density at radius 3 is 2.35 bits per heavy atom. The van der Waals surface area contributed by atoms with Crippen molar-refractivity contribution in [3.8, 4) is 11.8 Å². The highest BCUT2D eigenvalue weighted by Gasteiger charge is 2.07. The summed E-state index contributed by atoms with van der Waals surface area (Å²) in [5.74, 6) is 0.516. The van der Waals surface area contributed by atoms with Crippen molar-refractivity contribution in [2.75, 3.05) is 6.26 Å². The fourth-order valence-electron chi connectivity index (χ4n) is 1.68. The van der Waals surface area contributed by atoms with Crippen molar-refractivity contribution in [2.24, 2.45) is 0 Å². The van der Waals surface area contributed by atoms with Crippen LogP contribution in [0.4, 0.5) is 0 Å². The predicted molar refractivity (Wildman–Crippen MR) is 75.0 cm³/mol. The van der Waals surface area contributed by atoms with Gasteiger partial charge in [0.25, 0.3) is 0 Å². The van der Waals surface area contributed by atoms with E-state index in [9.17, 15) is 8.42 Å². The molecule has 20 heavy (non-hydrogen) atoms. The van der Waals surface area contributed by atoms with Gasteiger partial charge in [-0.05, 0) is 29.8 Å². The molecule has 0 N–H and O–H groups in total. The molecule has 0 fully saturated rings. The van der Waals surface area contributed by atoms with E-state index in [2.05, 4.69) is 6.07 Å². The number of ether oxygens (including phenoxy) is 1. The normalized spacial score (nSPS) is 10.8. The van der Waals surface area contributed by atoms with Gasteiger partial charge in [-0.15, -0.1) is 0 Å². The lowest BCUT2D eigenvalue weighted by Gasteiger charge is -2.08. The smallest absolute Gasteiger partial charge is 0.175 e. The molecule has 0 spiro atoms. The van der Waals surface area contributed by atoms with Crippen molar-refractivity contribution in [2.45, 2.75) is 11.5 Å². The lowest BCUT2D eigenvalue weighted by Crippen LogP contribution is -2.00. The van der Waals surface area contributed by atoms with E-state index in [0.717, 1.165) is 5.56 Å². The second-order valence-electron chi connectivity index (χ2n) is 4.31. The molecule has 0 atom stereocenters. The van der Waals surface area contributed by atoms with Crippen LogP contribution in [-0.4, -0.2) is 14.7 Å². The third-order valence-corrected chi connectivity index (χ3v) is 3.88. The van der Waals surface area contributed by atoms with E-state index in [1.54, 1.807) is 48.5 Å². The van der Waals surface area contributed by atoms with Gasteiger partial charge >= 0.3 is 0 Å². The first-order valence-corrected chi connectivity index (χ1v) is 7.81. The largest absolute Gasteiger partial charge is 0.488 e. The summed E-state index contributed by atoms with van der Waals surface area (Å²) in [4.78, 5) is 0.277. The fraction of sp³-hybridized carbons (Fsp3) is 0.133. The average Bonchev–Trinajstić information content (AvgIpc) is 2.45. The summed E-state index contributed by atoms with van der Waals surface area (Å²) in [7, 11) is -3.18. The zero-order valence-electron chi connectivity index (χ0n) is 10.9. The van der Waals surface area contributed by atoms with E-state index in [1.807, 2.05) is 0 Å². The minimum absolute atomic E-state index is 0.277. The standard InChI is InChI=1S/C15H13NO3S/c1-20(17,18)14-8-6-12(7-9-14)11-19-15-5-3-2-4-13(15)10-16/h2-9H,11H2,1H3. The number of benzene rings is 2. The Morgan fingerprint density at radius 1 is 1.10 bits per heavy atom. The van der Waals surface area contributed by atoms with Crippen molar-refractivity contribution in [1.29, 1.82) is 5.26 Å². The van der Waals surface area contributed by atoms with Gasteiger partial charge in [0.2, 0.25) is 0 Å². The molecular weight excluding hydrogens is 274 g/mol. The summed E-state index contributed by atoms with van der Waals surface area (Å²) in [6.45, 7) is 0.280. The summed E-state index contributed by atoms with van der Waals surface area (Å²) in [6, 6.07) is 15.5. The minimum Gasteiger partial charge on any atom is -0.488 e. The molecule has 0 amide bonds. The summed E-state index contributed by atoms with van der Waals surface area (Å²) in [5.41, 5.74) is 1.31. The second kappa shape index (κ2) is 5.76. The highest BCUT2D eigenvalue weighted by atomic mass is 32.2. The quantitative estimate of drug-likeness (QED) is 0.866. The molecule has 0 heterocycles. The minimum atomic E-state index is -3.18. The van der Waals surface area contributed by atoms with Gasteiger partial charge in [-0.3, -0.25) is 0 Å². The molecule has 2 rings (SSSR count). The van der Waals surface area contributed by atoms with Gasteiger partial charge in [0.1, 0.15) is 18.4 Å². The maximum atomic E-state index is 11.3. The molecule has 5 heteroatoms. The van der Waals surface area contributed by atoms with E-state index in [4.69, 9.17) is 10.00 Å². The van der Waals surface area contributed by atoms with Crippen molar-refractivity contribution in [3.63, 3.8) is 0 Å². The third-order valence-electron chi connectivity index (χ3n) is 2.75. The molecule has 102 valence electrons. The topological polar surface area (TPSA) is 67.2 Å². The number of hydrogen-bond acceptors (Lipinski definition) is 4. The highest BCUT2D eigenvalue weighted by Crippen LogP contribution is 2.18. The zero-order valence-corrected chi connectivity index (χ0v) is 11.7. The molecule has 0 aliphatic carbocycles. The van der Waals surface area contributed by atoms with E-state index in [0.29, 0.717) is 11.3 Å². The van der Waals surface area contributed by atoms with Crippen LogP contribution in [0.25, 0.3) is 0 Å². The van der Waals surface area contributed by atoms with Crippen LogP contribution in [0.2, 0.25) is 0 Å². The van der Waals surface area contributed by atoms with Crippen molar-refractivity contribution in [3.05, 3.63) is 59.7 Å². The lowest BCUT2D eigenvalue weighted by molar-refractivity contribution is 0.305. The average molecular weight is 287 g/mol. The van der Waals surface area contributed by atoms with E-state index < -0.39 is 9.84 Å². The van der Waals surface area contributed by atoms with E-state index >= 15 is 0 Å². The summed E-state index contributed by atoms with van der Waals surface area (Å²) < 4.78 is 28.2. The molecule has 0 bridgehead atoms. The molecule has 0 aliphatic rings. The second-order valence-corrected chi connectivity index (χ2v) is 6.33. The maximum absolute atomic E-state index is 11.3. The van der Waals surface area contributed by atoms with Gasteiger partial charge in [0, 0.05) is 6.26 Å². The number of nitrogens with zero attached hydrogens (tertiary/aromatic N) is 1. The monoisotopic (exact) mass is 287 g/mol. The predicted octanol–water partition coefficient (Wildman–Crippen LogP) is 2.54. The van der Waals surface area contributed by atoms with Crippen LogP contribution in [-0.2, 0) is 16.4 Å². The molecule has 0 saturated carbocycles. The van der Waals surface area contributed by atoms with Crippen LogP contribution in [0.3, 0.4) is 0 Å². The summed E-state index contributed by atoms with van der Waals surface area (Å²) >= 11 is 0. The first kappa shape index (κ1) is 14.1. The lowest BCUT2D eigenvalue weighted by atomic mass is 10.2. The van der Waals surface area contributed by atoms with Gasteiger partial charge in [-0.25, -0.2) is 8.42 Å². The van der Waals surface area contributed by atoms with Gasteiger partial charge in [-0.1, -0.05) is 24.3 Å². The molecule has 0 aliphatic heterocycles. The molecule has 0 aromatic heterocycles. The van der Waals surface area contributed by atoms with Gasteiger partial charge < -0.3 is 4.74 Å². The first-order valence-electron chi connectivity index (χ1n) is 5.91. The van der Waals surface area contributed by atoms with E-state index in [-0.39, 0.29) is 11.5 Å². The van der Waals surface area contributed by atoms with Gasteiger partial charge in [-0.2, -0.15) is 5.26 Å². The zero-order chi connectivity index (χ0) is 14.6. The molecule has 2 aromatic rings. The number of hydrogen-bond donors (Lipinski definition) is 0. The molecule has 4 nitrogen and oxygen atoms in total. The Bertz CT molecular complexity index is 743. The highest BCUT2D eigenvalue weighted by molar-refractivity contribution is 7.90. The Hall–Kier alpha value is -2.32. The molecule has 0 saturated heterocycles. The van der Waals surface area contributed by atoms with Crippen LogP contribution in [0.5, 0.6) is 5.75 Å². The fourth-order valence-corrected chi connectivity index (χ4v) is 2.31. The van der Waals surface area contributed by atoms with Crippen molar-refractivity contribution in [1.82, 2.24) is 0 Å². The van der Waals surface area contributed by atoms with Crippen LogP contribution < -0.4 is 4.74 Å². The van der Waals surface area contributed by atoms with Gasteiger partial charge in [0.05, 0.1) is 10.5 Å². The van der Waals surface area contributed by atoms with Crippen molar-refractivity contribution < 1.29 is 13.2 Å².